The fraction of sp³-hybridized carbons (Fsp3) is 1.00. The Balaban J connectivity index is 1.26. The van der Waals surface area contributed by atoms with Crippen molar-refractivity contribution in [1.82, 2.24) is 0 Å². The number of fused-ring (bicyclic) bond motifs is 3. The number of rotatable bonds is 8. The zero-order valence-electron chi connectivity index (χ0n) is 19.5. The van der Waals surface area contributed by atoms with E-state index < -0.39 is 0 Å². The van der Waals surface area contributed by atoms with E-state index in [2.05, 4.69) is 13.8 Å². The Bertz CT molecular complexity index is 436. The van der Waals surface area contributed by atoms with Crippen LogP contribution >= 0.6 is 0 Å². The third kappa shape index (κ3) is 4.37. The van der Waals surface area contributed by atoms with Crippen molar-refractivity contribution in [2.75, 3.05) is 0 Å². The van der Waals surface area contributed by atoms with Gasteiger partial charge in [0.2, 0.25) is 0 Å². The van der Waals surface area contributed by atoms with Crippen LogP contribution in [0.25, 0.3) is 0 Å². The molecule has 0 radical (unpaired) electrons. The molecule has 0 N–H and O–H groups in total. The van der Waals surface area contributed by atoms with Crippen LogP contribution in [0.3, 0.4) is 0 Å². The Hall–Kier alpha value is 0. The lowest BCUT2D eigenvalue weighted by molar-refractivity contribution is -0.0959. The van der Waals surface area contributed by atoms with E-state index in [1.165, 1.54) is 38.5 Å². The lowest BCUT2D eigenvalue weighted by Crippen LogP contribution is -2.49. The van der Waals surface area contributed by atoms with E-state index in [9.17, 15) is 0 Å². The highest BCUT2D eigenvalue weighted by Gasteiger charge is 2.54. The Morgan fingerprint density at radius 2 is 0.929 bits per heavy atom. The molecule has 0 spiro atoms. The molecule has 0 atom stereocenters. The third-order valence-corrected chi connectivity index (χ3v) is 10.7. The van der Waals surface area contributed by atoms with E-state index in [1.807, 2.05) is 0 Å². The van der Waals surface area contributed by atoms with Crippen molar-refractivity contribution in [3.05, 3.63) is 0 Å². The lowest BCUT2D eigenvalue weighted by Gasteiger charge is -2.60. The molecule has 0 nitrogen and oxygen atoms in total. The summed E-state index contributed by atoms with van der Waals surface area (Å²) in [5, 5.41) is 0. The summed E-state index contributed by atoms with van der Waals surface area (Å²) < 4.78 is 0. The zero-order valence-corrected chi connectivity index (χ0v) is 19.5. The fourth-order valence-corrected chi connectivity index (χ4v) is 8.69. The molecule has 0 amide bonds. The van der Waals surface area contributed by atoms with Gasteiger partial charge in [-0.15, -0.1) is 0 Å². The summed E-state index contributed by atoms with van der Waals surface area (Å²) in [5.74, 6) is 4.38. The van der Waals surface area contributed by atoms with Gasteiger partial charge in [-0.1, -0.05) is 78.1 Å². The monoisotopic (exact) mass is 386 g/mol. The molecule has 0 heteroatoms. The van der Waals surface area contributed by atoms with Gasteiger partial charge >= 0.3 is 0 Å². The first-order valence-corrected chi connectivity index (χ1v) is 13.7. The summed E-state index contributed by atoms with van der Waals surface area (Å²) in [6.45, 7) is 4.73. The Labute approximate surface area is 177 Å². The minimum absolute atomic E-state index is 0.801. The predicted molar refractivity (Wildman–Crippen MR) is 123 cm³/mol. The molecule has 0 unspecified atom stereocenters. The average molecular weight is 387 g/mol. The SMILES string of the molecule is CCCCCC1CCC(C23CCC(C4CCC(CCC)CC4)(CC2)CC3)CC1. The van der Waals surface area contributed by atoms with Crippen LogP contribution in [0.4, 0.5) is 0 Å². The van der Waals surface area contributed by atoms with Crippen LogP contribution < -0.4 is 0 Å². The molecule has 162 valence electrons. The van der Waals surface area contributed by atoms with Gasteiger partial charge in [-0.3, -0.25) is 0 Å². The quantitative estimate of drug-likeness (QED) is 0.364. The largest absolute Gasteiger partial charge is 0.0654 e. The number of hydrogen-bond donors (Lipinski definition) is 0. The molecular weight excluding hydrogens is 336 g/mol. The standard InChI is InChI=1S/C28H50/c1-3-5-6-8-24-11-15-26(16-12-24)28-20-17-27(18-21-28,19-22-28)25-13-9-23(7-4-2)10-14-25/h23-26H,3-22H2,1-2H3. The molecule has 0 aromatic rings. The second kappa shape index (κ2) is 9.43. The molecule has 0 heterocycles. The normalized spacial score (nSPS) is 43.9. The molecule has 5 rings (SSSR count). The molecule has 0 aromatic carbocycles. The van der Waals surface area contributed by atoms with Crippen LogP contribution in [0, 0.1) is 34.5 Å². The average Bonchev–Trinajstić information content (AvgIpc) is 2.76. The molecular formula is C28H50. The van der Waals surface area contributed by atoms with Gasteiger partial charge in [0.1, 0.15) is 0 Å². The summed E-state index contributed by atoms with van der Waals surface area (Å²) >= 11 is 0. The van der Waals surface area contributed by atoms with Crippen LogP contribution in [0.1, 0.15) is 142 Å². The Morgan fingerprint density at radius 1 is 0.500 bits per heavy atom. The fourth-order valence-electron chi connectivity index (χ4n) is 8.69. The van der Waals surface area contributed by atoms with Crippen LogP contribution in [-0.2, 0) is 0 Å². The van der Waals surface area contributed by atoms with Gasteiger partial charge in [-0.25, -0.2) is 0 Å². The van der Waals surface area contributed by atoms with E-state index in [-0.39, 0.29) is 0 Å². The van der Waals surface area contributed by atoms with Gasteiger partial charge < -0.3 is 0 Å². The molecule has 5 saturated carbocycles. The summed E-state index contributed by atoms with van der Waals surface area (Å²) in [4.78, 5) is 0. The topological polar surface area (TPSA) is 0 Å². The molecule has 5 aliphatic rings. The maximum atomic E-state index is 2.38. The molecule has 0 aromatic heterocycles. The van der Waals surface area contributed by atoms with Gasteiger partial charge in [0.25, 0.3) is 0 Å². The molecule has 0 saturated heterocycles. The van der Waals surface area contributed by atoms with Gasteiger partial charge in [0, 0.05) is 0 Å². The summed E-state index contributed by atoms with van der Waals surface area (Å²) in [6, 6.07) is 0. The van der Waals surface area contributed by atoms with Crippen LogP contribution in [-0.4, -0.2) is 0 Å². The first kappa shape index (κ1) is 21.2. The van der Waals surface area contributed by atoms with Crippen LogP contribution in [0.15, 0.2) is 0 Å². The summed E-state index contributed by atoms with van der Waals surface area (Å²) in [6.07, 6.45) is 31.1. The third-order valence-electron chi connectivity index (χ3n) is 10.7. The van der Waals surface area contributed by atoms with Gasteiger partial charge in [-0.05, 0) is 98.7 Å². The highest BCUT2D eigenvalue weighted by Crippen LogP contribution is 2.66. The molecule has 5 fully saturated rings. The molecule has 2 bridgehead atoms. The Morgan fingerprint density at radius 3 is 1.32 bits per heavy atom. The lowest BCUT2D eigenvalue weighted by atomic mass is 9.45. The van der Waals surface area contributed by atoms with Crippen molar-refractivity contribution in [1.29, 1.82) is 0 Å². The first-order chi connectivity index (χ1) is 13.7. The van der Waals surface area contributed by atoms with E-state index in [1.54, 1.807) is 89.9 Å². The highest BCUT2D eigenvalue weighted by molar-refractivity contribution is 5.05. The van der Waals surface area contributed by atoms with Crippen LogP contribution in [0.5, 0.6) is 0 Å². The van der Waals surface area contributed by atoms with E-state index >= 15 is 0 Å². The molecule has 0 aliphatic heterocycles. The van der Waals surface area contributed by atoms with Crippen molar-refractivity contribution >= 4 is 0 Å². The van der Waals surface area contributed by atoms with E-state index in [0.29, 0.717) is 0 Å². The minimum Gasteiger partial charge on any atom is -0.0654 e. The van der Waals surface area contributed by atoms with Crippen molar-refractivity contribution < 1.29 is 0 Å². The maximum Gasteiger partial charge on any atom is -0.0269 e. The summed E-state index contributed by atoms with van der Waals surface area (Å²) in [7, 11) is 0. The van der Waals surface area contributed by atoms with Crippen molar-refractivity contribution in [3.63, 3.8) is 0 Å². The van der Waals surface area contributed by atoms with Crippen molar-refractivity contribution in [2.45, 2.75) is 142 Å². The maximum absolute atomic E-state index is 2.38. The number of hydrogen-bond acceptors (Lipinski definition) is 0. The van der Waals surface area contributed by atoms with Crippen molar-refractivity contribution in [3.8, 4) is 0 Å². The Kier molecular flexibility index (Phi) is 7.15. The molecule has 28 heavy (non-hydrogen) atoms. The molecule has 5 aliphatic carbocycles. The summed E-state index contributed by atoms with van der Waals surface area (Å²) in [5.41, 5.74) is 1.60. The highest BCUT2D eigenvalue weighted by atomic mass is 14.6. The second-order valence-corrected chi connectivity index (χ2v) is 11.9. The van der Waals surface area contributed by atoms with E-state index in [4.69, 9.17) is 0 Å². The zero-order chi connectivity index (χ0) is 19.5. The van der Waals surface area contributed by atoms with Gasteiger partial charge in [0.05, 0.1) is 0 Å². The van der Waals surface area contributed by atoms with Crippen molar-refractivity contribution in [2.24, 2.45) is 34.5 Å². The van der Waals surface area contributed by atoms with Gasteiger partial charge in [-0.2, -0.15) is 0 Å². The van der Waals surface area contributed by atoms with E-state index in [0.717, 1.165) is 34.5 Å². The number of unbranched alkanes of at least 4 members (excludes halogenated alkanes) is 2. The first-order valence-electron chi connectivity index (χ1n) is 13.7. The van der Waals surface area contributed by atoms with Gasteiger partial charge in [0.15, 0.2) is 0 Å². The minimum atomic E-state index is 0.801. The van der Waals surface area contributed by atoms with Crippen LogP contribution in [0.2, 0.25) is 0 Å². The predicted octanol–water partition coefficient (Wildman–Crippen LogP) is 9.32. The second-order valence-electron chi connectivity index (χ2n) is 11.9. The smallest absolute Gasteiger partial charge is 0.0269 e.